The van der Waals surface area contributed by atoms with E-state index in [1.807, 2.05) is 0 Å². The summed E-state index contributed by atoms with van der Waals surface area (Å²) in [5.41, 5.74) is 0. The van der Waals surface area contributed by atoms with Gasteiger partial charge in [-0.05, 0) is 32.1 Å². The third-order valence-electron chi connectivity index (χ3n) is 5.27. The highest BCUT2D eigenvalue weighted by Gasteiger charge is 2.42. The molecule has 6 atom stereocenters. The molecule has 0 bridgehead atoms. The van der Waals surface area contributed by atoms with Gasteiger partial charge in [-0.15, -0.1) is 0 Å². The number of nitrogens with one attached hydrogen (secondary N) is 1. The normalized spacial score (nSPS) is 25.2. The summed E-state index contributed by atoms with van der Waals surface area (Å²) in [7, 11) is -4.30. The Morgan fingerprint density at radius 1 is 1.25 bits per heavy atom. The Morgan fingerprint density at radius 2 is 1.94 bits per heavy atom. The van der Waals surface area contributed by atoms with Gasteiger partial charge < -0.3 is 24.2 Å². The lowest BCUT2D eigenvalue weighted by Gasteiger charge is -2.27. The number of carboxylic acids is 1. The monoisotopic (exact) mass is 526 g/mol. The number of amides is 1. The summed E-state index contributed by atoms with van der Waals surface area (Å²) in [6.45, 7) is 2.00. The number of hydrogen-bond acceptors (Lipinski definition) is 10. The van der Waals surface area contributed by atoms with Crippen LogP contribution in [-0.4, -0.2) is 75.9 Å². The van der Waals surface area contributed by atoms with Crippen molar-refractivity contribution in [2.24, 2.45) is 0 Å². The molecular weight excluding hydrogens is 499 g/mol. The van der Waals surface area contributed by atoms with Crippen molar-refractivity contribution in [2.45, 2.75) is 57.3 Å². The van der Waals surface area contributed by atoms with Crippen molar-refractivity contribution in [3.63, 3.8) is 0 Å². The van der Waals surface area contributed by atoms with Gasteiger partial charge in [0.05, 0.1) is 19.1 Å². The standard InChI is InChI=1S/C22H27N2O11P/c1-13(22(30)33-14(2)21(28)29)23-36(31,35-16-6-4-3-5-7-16)32-12-18-17(26)11-20(34-18)24-9-8-15(25)10-19(24)27/h3-9,13-14,17-18,20,26H,10-12H2,1-2H3,(H,23,31)(H,28,29)/t13-,14-,17-,18+,20+,36?/m0/s1. The van der Waals surface area contributed by atoms with Crippen LogP contribution >= 0.6 is 7.75 Å². The Bertz CT molecular complexity index is 1060. The summed E-state index contributed by atoms with van der Waals surface area (Å²) < 4.78 is 35.0. The number of ether oxygens (including phenoxy) is 2. The number of allylic oxidation sites excluding steroid dienone is 1. The second kappa shape index (κ2) is 11.8. The summed E-state index contributed by atoms with van der Waals surface area (Å²) in [6, 6.07) is 6.64. The molecule has 1 aromatic carbocycles. The van der Waals surface area contributed by atoms with E-state index >= 15 is 0 Å². The third-order valence-corrected chi connectivity index (χ3v) is 6.92. The number of aliphatic carboxylic acids is 1. The molecule has 2 aliphatic heterocycles. The highest BCUT2D eigenvalue weighted by atomic mass is 31.2. The molecule has 0 saturated carbocycles. The third kappa shape index (κ3) is 7.21. The number of carbonyl (C=O) groups excluding carboxylic acids is 3. The summed E-state index contributed by atoms with van der Waals surface area (Å²) in [5.74, 6) is -3.04. The smallest absolute Gasteiger partial charge is 0.459 e. The fourth-order valence-corrected chi connectivity index (χ4v) is 4.84. The maximum atomic E-state index is 13.5. The van der Waals surface area contributed by atoms with Crippen LogP contribution in [0.4, 0.5) is 0 Å². The second-order valence-electron chi connectivity index (χ2n) is 8.16. The van der Waals surface area contributed by atoms with Crippen LogP contribution in [0.1, 0.15) is 26.7 Å². The number of para-hydroxylation sites is 1. The van der Waals surface area contributed by atoms with Crippen LogP contribution in [0, 0.1) is 0 Å². The van der Waals surface area contributed by atoms with E-state index in [0.29, 0.717) is 0 Å². The summed E-state index contributed by atoms with van der Waals surface area (Å²) >= 11 is 0. The molecule has 1 unspecified atom stereocenters. The number of carbonyl (C=O) groups is 4. The number of hydrogen-bond donors (Lipinski definition) is 3. The van der Waals surface area contributed by atoms with E-state index in [1.165, 1.54) is 36.2 Å². The van der Waals surface area contributed by atoms with Crippen LogP contribution < -0.4 is 9.61 Å². The van der Waals surface area contributed by atoms with Gasteiger partial charge in [0.15, 0.2) is 11.9 Å². The molecule has 0 aliphatic carbocycles. The van der Waals surface area contributed by atoms with Gasteiger partial charge in [0, 0.05) is 12.6 Å². The minimum absolute atomic E-state index is 0.0192. The van der Waals surface area contributed by atoms with Crippen molar-refractivity contribution in [3.05, 3.63) is 42.6 Å². The first-order valence-electron chi connectivity index (χ1n) is 11.0. The first kappa shape index (κ1) is 27.5. The van der Waals surface area contributed by atoms with Crippen LogP contribution in [0.5, 0.6) is 5.75 Å². The molecule has 3 N–H and O–H groups in total. The van der Waals surface area contributed by atoms with Crippen molar-refractivity contribution in [3.8, 4) is 5.75 Å². The lowest BCUT2D eigenvalue weighted by molar-refractivity contribution is -0.163. The number of aliphatic hydroxyl groups excluding tert-OH is 1. The Hall–Kier alpha value is -3.09. The van der Waals surface area contributed by atoms with Crippen LogP contribution in [0.3, 0.4) is 0 Å². The molecule has 1 saturated heterocycles. The van der Waals surface area contributed by atoms with Crippen LogP contribution in [0.2, 0.25) is 0 Å². The second-order valence-corrected chi connectivity index (χ2v) is 9.85. The zero-order chi connectivity index (χ0) is 26.5. The minimum Gasteiger partial charge on any atom is -0.479 e. The molecule has 36 heavy (non-hydrogen) atoms. The summed E-state index contributed by atoms with van der Waals surface area (Å²) in [4.78, 5) is 47.9. The number of ketones is 1. The van der Waals surface area contributed by atoms with E-state index in [0.717, 1.165) is 6.92 Å². The number of carboxylic acid groups (broad SMARTS) is 1. The number of esters is 1. The van der Waals surface area contributed by atoms with Gasteiger partial charge >= 0.3 is 19.7 Å². The van der Waals surface area contributed by atoms with Gasteiger partial charge in [0.2, 0.25) is 5.91 Å². The maximum Gasteiger partial charge on any atom is 0.459 e. The molecule has 1 aromatic rings. The Morgan fingerprint density at radius 3 is 2.58 bits per heavy atom. The van der Waals surface area contributed by atoms with E-state index in [4.69, 9.17) is 23.6 Å². The largest absolute Gasteiger partial charge is 0.479 e. The zero-order valence-corrected chi connectivity index (χ0v) is 20.4. The SMILES string of the molecule is C[C@H](NP(=O)(OC[C@H]1O[C@@H](N2C=CC(=O)CC2=O)C[C@@H]1O)Oc1ccccc1)C(=O)O[C@@H](C)C(=O)O. The van der Waals surface area contributed by atoms with E-state index < -0.39 is 62.8 Å². The van der Waals surface area contributed by atoms with E-state index in [2.05, 4.69) is 5.09 Å². The van der Waals surface area contributed by atoms with E-state index in [-0.39, 0.29) is 24.4 Å². The number of nitrogens with zero attached hydrogens (tertiary/aromatic N) is 1. The highest BCUT2D eigenvalue weighted by Crippen LogP contribution is 2.45. The minimum atomic E-state index is -4.30. The van der Waals surface area contributed by atoms with Gasteiger partial charge in [-0.25, -0.2) is 9.36 Å². The molecule has 0 aromatic heterocycles. The lowest BCUT2D eigenvalue weighted by atomic mass is 10.1. The van der Waals surface area contributed by atoms with E-state index in [1.54, 1.807) is 18.2 Å². The first-order valence-corrected chi connectivity index (χ1v) is 12.6. The summed E-state index contributed by atoms with van der Waals surface area (Å²) in [5, 5.41) is 21.8. The van der Waals surface area contributed by atoms with Crippen molar-refractivity contribution in [2.75, 3.05) is 6.61 Å². The molecule has 3 rings (SSSR count). The zero-order valence-electron chi connectivity index (χ0n) is 19.5. The molecule has 14 heteroatoms. The molecule has 1 fully saturated rings. The van der Waals surface area contributed by atoms with Crippen LogP contribution in [0.15, 0.2) is 42.6 Å². The average molecular weight is 526 g/mol. The number of aliphatic hydroxyl groups is 1. The van der Waals surface area contributed by atoms with Gasteiger partial charge in [0.25, 0.3) is 0 Å². The Balaban J connectivity index is 1.68. The molecule has 1 amide bonds. The van der Waals surface area contributed by atoms with E-state index in [9.17, 15) is 28.8 Å². The topological polar surface area (TPSA) is 178 Å². The Labute approximate surface area is 206 Å². The van der Waals surface area contributed by atoms with Crippen molar-refractivity contribution in [1.82, 2.24) is 9.99 Å². The predicted molar refractivity (Wildman–Crippen MR) is 121 cm³/mol. The fourth-order valence-electron chi connectivity index (χ4n) is 3.34. The molecular formula is C22H27N2O11P. The van der Waals surface area contributed by atoms with Crippen molar-refractivity contribution < 1.29 is 52.5 Å². The molecule has 0 spiro atoms. The Kier molecular flexibility index (Phi) is 8.98. The average Bonchev–Trinajstić information content (AvgIpc) is 3.18. The lowest BCUT2D eigenvalue weighted by Crippen LogP contribution is -2.40. The quantitative estimate of drug-likeness (QED) is 0.212. The van der Waals surface area contributed by atoms with Gasteiger partial charge in [-0.1, -0.05) is 18.2 Å². The fraction of sp³-hybridized carbons (Fsp3) is 0.455. The van der Waals surface area contributed by atoms with Crippen LogP contribution in [0.25, 0.3) is 0 Å². The maximum absolute atomic E-state index is 13.5. The molecule has 13 nitrogen and oxygen atoms in total. The first-order chi connectivity index (χ1) is 17.0. The van der Waals surface area contributed by atoms with Crippen LogP contribution in [-0.2, 0) is 37.7 Å². The highest BCUT2D eigenvalue weighted by molar-refractivity contribution is 7.52. The summed E-state index contributed by atoms with van der Waals surface area (Å²) in [6.07, 6.45) is -2.19. The van der Waals surface area contributed by atoms with Gasteiger partial charge in [-0.2, -0.15) is 5.09 Å². The molecule has 2 heterocycles. The predicted octanol–water partition coefficient (Wildman–Crippen LogP) is 0.975. The van der Waals surface area contributed by atoms with Crippen molar-refractivity contribution >= 4 is 31.4 Å². The molecule has 196 valence electrons. The van der Waals surface area contributed by atoms with Crippen molar-refractivity contribution in [1.29, 1.82) is 0 Å². The molecule has 2 aliphatic rings. The van der Waals surface area contributed by atoms with Gasteiger partial charge in [-0.3, -0.25) is 23.8 Å². The molecule has 0 radical (unpaired) electrons. The van der Waals surface area contributed by atoms with Gasteiger partial charge in [0.1, 0.15) is 24.1 Å². The number of benzene rings is 1. The number of rotatable bonds is 11.